The molecule has 0 radical (unpaired) electrons. The Hall–Kier alpha value is -2.98. The lowest BCUT2D eigenvalue weighted by atomic mass is 9.90. The number of rotatable bonds is 5. The van der Waals surface area contributed by atoms with Crippen molar-refractivity contribution < 1.29 is 35.9 Å². The lowest BCUT2D eigenvalue weighted by molar-refractivity contribution is -0.150. The van der Waals surface area contributed by atoms with Crippen LogP contribution < -0.4 is 15.4 Å². The third-order valence-electron chi connectivity index (χ3n) is 5.17. The minimum absolute atomic E-state index is 0.152. The van der Waals surface area contributed by atoms with Crippen molar-refractivity contribution in [3.8, 4) is 5.75 Å². The zero-order chi connectivity index (χ0) is 23.5. The van der Waals surface area contributed by atoms with Gasteiger partial charge in [0.15, 0.2) is 0 Å². The quantitative estimate of drug-likeness (QED) is 0.595. The summed E-state index contributed by atoms with van der Waals surface area (Å²) in [6.07, 6.45) is -8.02. The van der Waals surface area contributed by atoms with Crippen LogP contribution in [0, 0.1) is 0 Å². The fraction of sp³-hybridized carbons (Fsp3) is 0.429. The first-order chi connectivity index (χ1) is 15.0. The molecule has 1 aromatic carbocycles. The molecule has 0 aliphatic heterocycles. The number of halogens is 6. The van der Waals surface area contributed by atoms with Crippen LogP contribution in [0.3, 0.4) is 0 Å². The van der Waals surface area contributed by atoms with E-state index in [-0.39, 0.29) is 23.7 Å². The van der Waals surface area contributed by atoms with Crippen molar-refractivity contribution in [1.29, 1.82) is 0 Å². The number of amides is 1. The Morgan fingerprint density at radius 1 is 0.938 bits per heavy atom. The normalized spacial score (nSPS) is 19.3. The van der Waals surface area contributed by atoms with E-state index in [1.54, 1.807) is 24.3 Å². The van der Waals surface area contributed by atoms with Gasteiger partial charge in [0.25, 0.3) is 5.91 Å². The van der Waals surface area contributed by atoms with Gasteiger partial charge < -0.3 is 15.4 Å². The van der Waals surface area contributed by atoms with Crippen molar-refractivity contribution in [2.24, 2.45) is 0 Å². The lowest BCUT2D eigenvalue weighted by Crippen LogP contribution is -2.40. The number of hydrogen-bond acceptors (Lipinski definition) is 4. The molecule has 1 heterocycles. The molecule has 5 nitrogen and oxygen atoms in total. The van der Waals surface area contributed by atoms with Gasteiger partial charge in [0, 0.05) is 23.3 Å². The van der Waals surface area contributed by atoms with Crippen molar-refractivity contribution in [3.63, 3.8) is 0 Å². The molecular formula is C21H21F6N3O2. The summed E-state index contributed by atoms with van der Waals surface area (Å²) in [6, 6.07) is 7.31. The predicted octanol–water partition coefficient (Wildman–Crippen LogP) is 5.28. The minimum Gasteiger partial charge on any atom is -0.497 e. The second-order valence-electron chi connectivity index (χ2n) is 7.52. The van der Waals surface area contributed by atoms with Gasteiger partial charge in [-0.3, -0.25) is 4.79 Å². The highest BCUT2D eigenvalue weighted by Crippen LogP contribution is 2.35. The number of pyridine rings is 1. The first kappa shape index (κ1) is 23.7. The van der Waals surface area contributed by atoms with Crippen LogP contribution in [-0.4, -0.2) is 30.1 Å². The summed E-state index contributed by atoms with van der Waals surface area (Å²) in [5.41, 5.74) is -3.06. The summed E-state index contributed by atoms with van der Waals surface area (Å²) in [5, 5.41) is 5.66. The van der Waals surface area contributed by atoms with E-state index in [2.05, 4.69) is 15.6 Å². The Balaban J connectivity index is 1.61. The zero-order valence-electron chi connectivity index (χ0n) is 17.0. The number of aromatic nitrogens is 1. The van der Waals surface area contributed by atoms with Gasteiger partial charge in [-0.15, -0.1) is 0 Å². The van der Waals surface area contributed by atoms with Crippen molar-refractivity contribution in [2.45, 2.75) is 50.1 Å². The molecule has 3 rings (SSSR count). The summed E-state index contributed by atoms with van der Waals surface area (Å²) >= 11 is 0. The molecule has 1 amide bonds. The second-order valence-corrected chi connectivity index (χ2v) is 7.52. The maximum atomic E-state index is 13.0. The third-order valence-corrected chi connectivity index (χ3v) is 5.17. The molecule has 32 heavy (non-hydrogen) atoms. The summed E-state index contributed by atoms with van der Waals surface area (Å²) in [7, 11) is 1.49. The molecule has 0 saturated heterocycles. The summed E-state index contributed by atoms with van der Waals surface area (Å²) in [5.74, 6) is 0.262. The number of hydrogen-bond donors (Lipinski definition) is 2. The Morgan fingerprint density at radius 3 is 2.03 bits per heavy atom. The second kappa shape index (κ2) is 9.25. The molecule has 2 N–H and O–H groups in total. The molecule has 1 fully saturated rings. The number of methoxy groups -OCH3 is 1. The Bertz CT molecular complexity index is 921. The Morgan fingerprint density at radius 2 is 1.50 bits per heavy atom. The van der Waals surface area contributed by atoms with Crippen molar-refractivity contribution >= 4 is 11.6 Å². The topological polar surface area (TPSA) is 63.2 Å². The first-order valence-electron chi connectivity index (χ1n) is 9.83. The number of nitrogens with one attached hydrogen (secondary N) is 2. The van der Waals surface area contributed by atoms with Crippen LogP contribution in [0.5, 0.6) is 5.75 Å². The standard InChI is InChI=1S/C21H21F6N3O2/c1-32-16-4-2-3-12(9-16)19(31)29-14-7-5-13(6-8-14)28-15-10-17(20(22,23)24)30-18(11-15)21(25,26)27/h2-4,9-11,13-14H,5-8H2,1H3,(H,28,30)(H,29,31)/t13-,14+. The van der Waals surface area contributed by atoms with E-state index in [9.17, 15) is 31.1 Å². The highest BCUT2D eigenvalue weighted by atomic mass is 19.4. The number of anilines is 1. The maximum Gasteiger partial charge on any atom is 0.433 e. The number of benzene rings is 1. The van der Waals surface area contributed by atoms with Gasteiger partial charge in [0.1, 0.15) is 17.1 Å². The van der Waals surface area contributed by atoms with E-state index in [0.717, 1.165) is 0 Å². The van der Waals surface area contributed by atoms with Crippen LogP contribution in [0.4, 0.5) is 32.0 Å². The summed E-state index contributed by atoms with van der Waals surface area (Å²) in [4.78, 5) is 15.1. The number of nitrogens with zero attached hydrogens (tertiary/aromatic N) is 1. The van der Waals surface area contributed by atoms with Crippen molar-refractivity contribution in [3.05, 3.63) is 53.3 Å². The van der Waals surface area contributed by atoms with E-state index in [4.69, 9.17) is 4.74 Å². The fourth-order valence-corrected chi connectivity index (χ4v) is 3.56. The van der Waals surface area contributed by atoms with Crippen LogP contribution in [0.15, 0.2) is 36.4 Å². The Kier molecular flexibility index (Phi) is 6.85. The number of carbonyl (C=O) groups excluding carboxylic acids is 1. The van der Waals surface area contributed by atoms with Crippen LogP contribution in [0.25, 0.3) is 0 Å². The molecule has 1 saturated carbocycles. The number of ether oxygens (including phenoxy) is 1. The van der Waals surface area contributed by atoms with Crippen LogP contribution >= 0.6 is 0 Å². The molecule has 11 heteroatoms. The highest BCUT2D eigenvalue weighted by molar-refractivity contribution is 5.94. The molecule has 1 aliphatic carbocycles. The highest BCUT2D eigenvalue weighted by Gasteiger charge is 2.39. The molecular weight excluding hydrogens is 440 g/mol. The van der Waals surface area contributed by atoms with Crippen molar-refractivity contribution in [1.82, 2.24) is 10.3 Å². The van der Waals surface area contributed by atoms with Gasteiger partial charge in [-0.1, -0.05) is 6.07 Å². The van der Waals surface area contributed by atoms with Gasteiger partial charge in [-0.25, -0.2) is 4.98 Å². The van der Waals surface area contributed by atoms with E-state index in [1.807, 2.05) is 0 Å². The lowest BCUT2D eigenvalue weighted by Gasteiger charge is -2.30. The third kappa shape index (κ3) is 6.04. The number of alkyl halides is 6. The smallest absolute Gasteiger partial charge is 0.433 e. The zero-order valence-corrected chi connectivity index (χ0v) is 17.0. The molecule has 1 aliphatic rings. The minimum atomic E-state index is -5.00. The van der Waals surface area contributed by atoms with Crippen LogP contribution in [-0.2, 0) is 12.4 Å². The van der Waals surface area contributed by atoms with Gasteiger partial charge in [-0.2, -0.15) is 26.3 Å². The van der Waals surface area contributed by atoms with Gasteiger partial charge >= 0.3 is 12.4 Å². The van der Waals surface area contributed by atoms with E-state index < -0.39 is 23.7 Å². The van der Waals surface area contributed by atoms with Crippen LogP contribution in [0.2, 0.25) is 0 Å². The van der Waals surface area contributed by atoms with Crippen LogP contribution in [0.1, 0.15) is 47.4 Å². The summed E-state index contributed by atoms with van der Waals surface area (Å²) < 4.78 is 82.9. The molecule has 0 unspecified atom stereocenters. The molecule has 0 atom stereocenters. The molecule has 174 valence electrons. The largest absolute Gasteiger partial charge is 0.497 e. The van der Waals surface area contributed by atoms with E-state index >= 15 is 0 Å². The average molecular weight is 461 g/mol. The summed E-state index contributed by atoms with van der Waals surface area (Å²) in [6.45, 7) is 0. The van der Waals surface area contributed by atoms with Gasteiger partial charge in [0.2, 0.25) is 0 Å². The molecule has 0 bridgehead atoms. The predicted molar refractivity (Wildman–Crippen MR) is 104 cm³/mol. The number of carbonyl (C=O) groups is 1. The molecule has 1 aromatic heterocycles. The SMILES string of the molecule is COc1cccc(C(=O)N[C@H]2CC[C@@H](Nc3cc(C(F)(F)F)nc(C(F)(F)F)c3)CC2)c1. The fourth-order valence-electron chi connectivity index (χ4n) is 3.56. The van der Waals surface area contributed by atoms with E-state index in [0.29, 0.717) is 49.1 Å². The van der Waals surface area contributed by atoms with Gasteiger partial charge in [0.05, 0.1) is 7.11 Å². The average Bonchev–Trinajstić information content (AvgIpc) is 2.73. The van der Waals surface area contributed by atoms with E-state index in [1.165, 1.54) is 7.11 Å². The monoisotopic (exact) mass is 461 g/mol. The Labute approximate surface area is 180 Å². The van der Waals surface area contributed by atoms with Crippen molar-refractivity contribution in [2.75, 3.05) is 12.4 Å². The van der Waals surface area contributed by atoms with Gasteiger partial charge in [-0.05, 0) is 56.0 Å². The molecule has 0 spiro atoms. The molecule has 2 aromatic rings. The maximum absolute atomic E-state index is 13.0. The first-order valence-corrected chi connectivity index (χ1v) is 9.83.